The molecule has 0 bridgehead atoms. The molecule has 10 heteroatoms. The fraction of sp³-hybridized carbons (Fsp3) is 0.412. The Bertz CT molecular complexity index is 1500. The van der Waals surface area contributed by atoms with E-state index in [0.717, 1.165) is 41.1 Å². The third kappa shape index (κ3) is 8.11. The number of ether oxygens (including phenoxy) is 2. The Morgan fingerprint density at radius 3 is 2.25 bits per heavy atom. The molecule has 1 N–H and O–H groups in total. The van der Waals surface area contributed by atoms with Gasteiger partial charge in [0.2, 0.25) is 11.8 Å². The van der Waals surface area contributed by atoms with Crippen molar-refractivity contribution in [1.82, 2.24) is 10.2 Å². The molecule has 1 saturated carbocycles. The van der Waals surface area contributed by atoms with E-state index in [1.807, 2.05) is 45.0 Å². The first-order valence-corrected chi connectivity index (χ1v) is 16.6. The van der Waals surface area contributed by atoms with Gasteiger partial charge in [-0.05, 0) is 87.2 Å². The van der Waals surface area contributed by atoms with E-state index in [1.54, 1.807) is 43.5 Å². The number of hydrogen-bond donors (Lipinski definition) is 1. The van der Waals surface area contributed by atoms with Gasteiger partial charge in [0.25, 0.3) is 10.0 Å². The number of methoxy groups -OCH3 is 1. The first kappa shape index (κ1) is 32.9. The van der Waals surface area contributed by atoms with Crippen molar-refractivity contribution in [1.29, 1.82) is 0 Å². The van der Waals surface area contributed by atoms with Gasteiger partial charge in [-0.3, -0.25) is 13.9 Å². The van der Waals surface area contributed by atoms with Gasteiger partial charge in [-0.2, -0.15) is 0 Å². The van der Waals surface area contributed by atoms with E-state index in [2.05, 4.69) is 5.32 Å². The average molecular weight is 622 g/mol. The Kier molecular flexibility index (Phi) is 11.3. The van der Waals surface area contributed by atoms with Gasteiger partial charge in [0.15, 0.2) is 0 Å². The molecule has 44 heavy (non-hydrogen) atoms. The van der Waals surface area contributed by atoms with Crippen LogP contribution in [0.2, 0.25) is 0 Å². The highest BCUT2D eigenvalue weighted by molar-refractivity contribution is 7.92. The minimum Gasteiger partial charge on any atom is -0.497 e. The van der Waals surface area contributed by atoms with Crippen molar-refractivity contribution in [2.45, 2.75) is 76.4 Å². The molecule has 4 rings (SSSR count). The maximum absolute atomic E-state index is 14.3. The SMILES string of the molecule is CCOc1ccc(N(CC(=O)N(Cc2cccc(OC)c2)[C@H](CC)C(=O)NC2CCCC2)S(=O)(=O)c2ccc(C)cc2)cc1. The smallest absolute Gasteiger partial charge is 0.264 e. The van der Waals surface area contributed by atoms with Gasteiger partial charge in [-0.15, -0.1) is 0 Å². The third-order valence-corrected chi connectivity index (χ3v) is 9.69. The molecule has 1 fully saturated rings. The largest absolute Gasteiger partial charge is 0.497 e. The van der Waals surface area contributed by atoms with E-state index in [-0.39, 0.29) is 23.4 Å². The molecule has 9 nitrogen and oxygen atoms in total. The van der Waals surface area contributed by atoms with Gasteiger partial charge in [-0.1, -0.05) is 49.6 Å². The van der Waals surface area contributed by atoms with Crippen LogP contribution in [0, 0.1) is 6.92 Å². The lowest BCUT2D eigenvalue weighted by Gasteiger charge is -2.34. The Balaban J connectivity index is 1.72. The van der Waals surface area contributed by atoms with Crippen LogP contribution in [0.4, 0.5) is 5.69 Å². The van der Waals surface area contributed by atoms with Crippen molar-refractivity contribution in [2.24, 2.45) is 0 Å². The van der Waals surface area contributed by atoms with Crippen molar-refractivity contribution in [2.75, 3.05) is 24.6 Å². The van der Waals surface area contributed by atoms with Gasteiger partial charge in [0, 0.05) is 12.6 Å². The first-order chi connectivity index (χ1) is 21.2. The summed E-state index contributed by atoms with van der Waals surface area (Å²) >= 11 is 0. The Hall–Kier alpha value is -4.05. The van der Waals surface area contributed by atoms with Crippen molar-refractivity contribution in [3.63, 3.8) is 0 Å². The number of nitrogens with zero attached hydrogens (tertiary/aromatic N) is 2. The van der Waals surface area contributed by atoms with E-state index < -0.39 is 28.5 Å². The number of sulfonamides is 1. The molecule has 0 unspecified atom stereocenters. The molecule has 3 aromatic rings. The second-order valence-electron chi connectivity index (χ2n) is 11.0. The summed E-state index contributed by atoms with van der Waals surface area (Å²) in [5.74, 6) is 0.483. The van der Waals surface area contributed by atoms with E-state index in [0.29, 0.717) is 30.2 Å². The molecule has 0 aromatic heterocycles. The fourth-order valence-electron chi connectivity index (χ4n) is 5.50. The van der Waals surface area contributed by atoms with E-state index in [4.69, 9.17) is 9.47 Å². The zero-order chi connectivity index (χ0) is 31.7. The highest BCUT2D eigenvalue weighted by Gasteiger charge is 2.34. The highest BCUT2D eigenvalue weighted by Crippen LogP contribution is 2.28. The number of carbonyl (C=O) groups is 2. The van der Waals surface area contributed by atoms with Crippen LogP contribution in [-0.4, -0.2) is 57.5 Å². The summed E-state index contributed by atoms with van der Waals surface area (Å²) in [6, 6.07) is 19.7. The van der Waals surface area contributed by atoms with Gasteiger partial charge in [-0.25, -0.2) is 8.42 Å². The summed E-state index contributed by atoms with van der Waals surface area (Å²) in [7, 11) is -2.59. The lowest BCUT2D eigenvalue weighted by Crippen LogP contribution is -2.53. The van der Waals surface area contributed by atoms with E-state index in [1.165, 1.54) is 17.0 Å². The van der Waals surface area contributed by atoms with Crippen molar-refractivity contribution >= 4 is 27.5 Å². The first-order valence-electron chi connectivity index (χ1n) is 15.2. The summed E-state index contributed by atoms with van der Waals surface area (Å²) < 4.78 is 40.2. The Labute approximate surface area is 261 Å². The van der Waals surface area contributed by atoms with Crippen molar-refractivity contribution < 1.29 is 27.5 Å². The van der Waals surface area contributed by atoms with Gasteiger partial charge in [0.1, 0.15) is 24.1 Å². The lowest BCUT2D eigenvalue weighted by atomic mass is 10.1. The number of benzene rings is 3. The van der Waals surface area contributed by atoms with E-state index in [9.17, 15) is 18.0 Å². The summed E-state index contributed by atoms with van der Waals surface area (Å²) in [4.78, 5) is 29.5. The summed E-state index contributed by atoms with van der Waals surface area (Å²) in [5.41, 5.74) is 1.99. The topological polar surface area (TPSA) is 105 Å². The number of anilines is 1. The zero-order valence-electron chi connectivity index (χ0n) is 26.0. The molecule has 1 aliphatic rings. The Morgan fingerprint density at radius 1 is 0.955 bits per heavy atom. The second kappa shape index (κ2) is 15.1. The van der Waals surface area contributed by atoms with Crippen LogP contribution in [0.3, 0.4) is 0 Å². The third-order valence-electron chi connectivity index (χ3n) is 7.90. The van der Waals surface area contributed by atoms with Gasteiger partial charge >= 0.3 is 0 Å². The van der Waals surface area contributed by atoms with Crippen molar-refractivity contribution in [3.05, 3.63) is 83.9 Å². The molecule has 1 aliphatic carbocycles. The van der Waals surface area contributed by atoms with Crippen LogP contribution in [-0.2, 0) is 26.2 Å². The van der Waals surface area contributed by atoms with Crippen LogP contribution < -0.4 is 19.1 Å². The molecule has 2 amide bonds. The number of rotatable bonds is 14. The number of carbonyl (C=O) groups excluding carboxylic acids is 2. The molecular formula is C34H43N3O6S. The molecule has 236 valence electrons. The molecular weight excluding hydrogens is 578 g/mol. The normalized spacial score (nSPS) is 14.1. The van der Waals surface area contributed by atoms with Crippen LogP contribution in [0.5, 0.6) is 11.5 Å². The maximum atomic E-state index is 14.3. The predicted molar refractivity (Wildman–Crippen MR) is 171 cm³/mol. The second-order valence-corrected chi connectivity index (χ2v) is 12.9. The number of hydrogen-bond acceptors (Lipinski definition) is 6. The molecule has 0 aliphatic heterocycles. The average Bonchev–Trinajstić information content (AvgIpc) is 3.53. The van der Waals surface area contributed by atoms with Crippen LogP contribution in [0.25, 0.3) is 0 Å². The maximum Gasteiger partial charge on any atom is 0.264 e. The zero-order valence-corrected chi connectivity index (χ0v) is 26.8. The van der Waals surface area contributed by atoms with Crippen molar-refractivity contribution in [3.8, 4) is 11.5 Å². The molecule has 1 atom stereocenters. The standard InChI is InChI=1S/C34H43N3O6S/c1-5-32(34(39)35-27-11-7-8-12-27)36(23-26-10-9-13-30(22-26)42-4)33(38)24-37(28-16-18-29(19-17-28)43-6-2)44(40,41)31-20-14-25(3)15-21-31/h9-10,13-22,27,32H,5-8,11-12,23-24H2,1-4H3,(H,35,39)/t32-/m1/s1. The van der Waals surface area contributed by atoms with E-state index >= 15 is 0 Å². The lowest BCUT2D eigenvalue weighted by molar-refractivity contribution is -0.140. The highest BCUT2D eigenvalue weighted by atomic mass is 32.2. The van der Waals surface area contributed by atoms with Crippen LogP contribution in [0.1, 0.15) is 57.1 Å². The molecule has 0 heterocycles. The number of aryl methyl sites for hydroxylation is 1. The van der Waals surface area contributed by atoms with Gasteiger partial charge < -0.3 is 19.7 Å². The molecule has 3 aromatic carbocycles. The summed E-state index contributed by atoms with van der Waals surface area (Å²) in [6.45, 7) is 5.67. The minimum atomic E-state index is -4.15. The fourth-order valence-corrected chi connectivity index (χ4v) is 6.91. The van der Waals surface area contributed by atoms with Crippen LogP contribution >= 0.6 is 0 Å². The Morgan fingerprint density at radius 2 is 1.64 bits per heavy atom. The monoisotopic (exact) mass is 621 g/mol. The van der Waals surface area contributed by atoms with Crippen LogP contribution in [0.15, 0.2) is 77.7 Å². The molecule has 0 saturated heterocycles. The molecule has 0 spiro atoms. The number of nitrogens with one attached hydrogen (secondary N) is 1. The minimum absolute atomic E-state index is 0.0650. The number of amides is 2. The molecule has 0 radical (unpaired) electrons. The predicted octanol–water partition coefficient (Wildman–Crippen LogP) is 5.46. The summed E-state index contributed by atoms with van der Waals surface area (Å²) in [6.07, 6.45) is 4.30. The quantitative estimate of drug-likeness (QED) is 0.256. The van der Waals surface area contributed by atoms with Gasteiger partial charge in [0.05, 0.1) is 24.3 Å². The summed E-state index contributed by atoms with van der Waals surface area (Å²) in [5, 5.41) is 3.13.